The number of carbonyl (C=O) groups is 2. The highest BCUT2D eigenvalue weighted by molar-refractivity contribution is 7.55. The van der Waals surface area contributed by atoms with Crippen molar-refractivity contribution in [1.82, 2.24) is 5.32 Å². The molecule has 8 heteroatoms. The Kier molecular flexibility index (Phi) is 6.13. The first kappa shape index (κ1) is 15.0. The third-order valence-corrected chi connectivity index (χ3v) is 2.17. The molecular weight excluding hydrogens is 237 g/mol. The minimum atomic E-state index is -4.21. The van der Waals surface area contributed by atoms with Gasteiger partial charge in [-0.05, 0) is 6.92 Å². The first-order chi connectivity index (χ1) is 7.22. The lowest BCUT2D eigenvalue weighted by Gasteiger charge is -2.10. The predicted octanol–water partition coefficient (Wildman–Crippen LogP) is -0.300. The van der Waals surface area contributed by atoms with Gasteiger partial charge in [0.15, 0.2) is 0 Å². The number of carboxylic acid groups (broad SMARTS) is 1. The highest BCUT2D eigenvalue weighted by atomic mass is 31.2. The highest BCUT2D eigenvalue weighted by Gasteiger charge is 2.17. The molecule has 1 unspecified atom stereocenters. The Bertz CT molecular complexity index is 333. The molecule has 0 heterocycles. The van der Waals surface area contributed by atoms with Crippen molar-refractivity contribution in [1.29, 1.82) is 0 Å². The van der Waals surface area contributed by atoms with Crippen LogP contribution in [0.1, 0.15) is 13.3 Å². The number of rotatable bonds is 7. The number of Topliss-reactive ketones (excluding diaryl/α,β-unsaturated/α-hetero) is 1. The molecule has 0 amide bonds. The van der Waals surface area contributed by atoms with Crippen LogP contribution >= 0.6 is 7.60 Å². The molecule has 0 radical (unpaired) electrons. The van der Waals surface area contributed by atoms with Crippen LogP contribution in [-0.2, 0) is 14.2 Å². The van der Waals surface area contributed by atoms with Gasteiger partial charge in [-0.2, -0.15) is 0 Å². The number of nitrogens with one attached hydrogen (secondary N) is 1. The lowest BCUT2D eigenvalue weighted by Crippen LogP contribution is -2.38. The second-order valence-electron chi connectivity index (χ2n) is 3.18. The average Bonchev–Trinajstić information content (AvgIpc) is 2.07. The molecule has 16 heavy (non-hydrogen) atoms. The van der Waals surface area contributed by atoms with Crippen molar-refractivity contribution in [3.63, 3.8) is 0 Å². The molecule has 0 fully saturated rings. The van der Waals surface area contributed by atoms with Crippen molar-refractivity contribution in [2.75, 3.05) is 6.54 Å². The normalized spacial score (nSPS) is 13.9. The topological polar surface area (TPSA) is 124 Å². The zero-order chi connectivity index (χ0) is 12.8. The van der Waals surface area contributed by atoms with E-state index in [0.29, 0.717) is 5.82 Å². The summed E-state index contributed by atoms with van der Waals surface area (Å²) in [6.07, 6.45) is 0.954. The van der Waals surface area contributed by atoms with Gasteiger partial charge in [0.25, 0.3) is 0 Å². The van der Waals surface area contributed by atoms with E-state index in [-0.39, 0.29) is 18.7 Å². The van der Waals surface area contributed by atoms with Gasteiger partial charge in [-0.25, -0.2) is 0 Å². The van der Waals surface area contributed by atoms with Gasteiger partial charge in [0, 0.05) is 18.8 Å². The van der Waals surface area contributed by atoms with E-state index < -0.39 is 19.6 Å². The van der Waals surface area contributed by atoms with Gasteiger partial charge in [-0.1, -0.05) is 6.08 Å². The van der Waals surface area contributed by atoms with Crippen molar-refractivity contribution in [3.05, 3.63) is 11.9 Å². The van der Waals surface area contributed by atoms with Gasteiger partial charge < -0.3 is 20.2 Å². The van der Waals surface area contributed by atoms with E-state index in [2.05, 4.69) is 5.32 Å². The summed E-state index contributed by atoms with van der Waals surface area (Å²) >= 11 is 0. The quantitative estimate of drug-likeness (QED) is 0.458. The SMILES string of the molecule is CC(=O)CC(NCC=CP(=O)(O)O)C(=O)O. The maximum Gasteiger partial charge on any atom is 0.348 e. The maximum absolute atomic E-state index is 10.7. The molecule has 1 atom stereocenters. The Morgan fingerprint density at radius 3 is 2.38 bits per heavy atom. The Morgan fingerprint density at radius 1 is 1.44 bits per heavy atom. The lowest BCUT2D eigenvalue weighted by atomic mass is 10.1. The first-order valence-electron chi connectivity index (χ1n) is 4.41. The summed E-state index contributed by atoms with van der Waals surface area (Å²) in [7, 11) is -4.21. The number of carboxylic acids is 1. The zero-order valence-corrected chi connectivity index (χ0v) is 9.55. The van der Waals surface area contributed by atoms with Crippen LogP contribution in [0.2, 0.25) is 0 Å². The van der Waals surface area contributed by atoms with Gasteiger partial charge in [0.1, 0.15) is 11.8 Å². The largest absolute Gasteiger partial charge is 0.480 e. The second-order valence-corrected chi connectivity index (χ2v) is 4.66. The first-order valence-corrected chi connectivity index (χ1v) is 6.09. The molecular formula is C8H14NO6P. The summed E-state index contributed by atoms with van der Waals surface area (Å²) in [5, 5.41) is 11.2. The molecule has 4 N–H and O–H groups in total. The Hall–Kier alpha value is -1.01. The number of carbonyl (C=O) groups excluding carboxylic acids is 1. The molecule has 0 rings (SSSR count). The van der Waals surface area contributed by atoms with E-state index in [1.807, 2.05) is 0 Å². The van der Waals surface area contributed by atoms with E-state index >= 15 is 0 Å². The maximum atomic E-state index is 10.7. The molecule has 0 aromatic heterocycles. The number of hydrogen-bond acceptors (Lipinski definition) is 4. The second kappa shape index (κ2) is 6.55. The Morgan fingerprint density at radius 2 is 2.00 bits per heavy atom. The molecule has 0 saturated heterocycles. The predicted molar refractivity (Wildman–Crippen MR) is 55.9 cm³/mol. The van der Waals surface area contributed by atoms with Crippen molar-refractivity contribution in [2.45, 2.75) is 19.4 Å². The Labute approximate surface area is 92.3 Å². The minimum absolute atomic E-state index is 0.0324. The van der Waals surface area contributed by atoms with Crippen LogP contribution < -0.4 is 5.32 Å². The van der Waals surface area contributed by atoms with Crippen LogP contribution in [0, 0.1) is 0 Å². The fourth-order valence-electron chi connectivity index (χ4n) is 0.935. The number of ketones is 1. The van der Waals surface area contributed by atoms with Crippen molar-refractivity contribution in [2.24, 2.45) is 0 Å². The standard InChI is InChI=1S/C8H14NO6P/c1-6(10)5-7(8(11)12)9-3-2-4-16(13,14)15/h2,4,7,9H,3,5H2,1H3,(H,11,12)(H2,13,14,15). The minimum Gasteiger partial charge on any atom is -0.480 e. The van der Waals surface area contributed by atoms with Crippen LogP contribution in [0.3, 0.4) is 0 Å². The molecule has 0 aliphatic carbocycles. The van der Waals surface area contributed by atoms with Crippen molar-refractivity contribution in [3.8, 4) is 0 Å². The summed E-state index contributed by atoms with van der Waals surface area (Å²) < 4.78 is 10.4. The summed E-state index contributed by atoms with van der Waals surface area (Å²) in [4.78, 5) is 38.3. The lowest BCUT2D eigenvalue weighted by molar-refractivity contribution is -0.141. The van der Waals surface area contributed by atoms with E-state index in [9.17, 15) is 14.2 Å². The van der Waals surface area contributed by atoms with Crippen LogP contribution in [0.25, 0.3) is 0 Å². The molecule has 0 bridgehead atoms. The van der Waals surface area contributed by atoms with Crippen LogP contribution in [0.5, 0.6) is 0 Å². The van der Waals surface area contributed by atoms with E-state index in [4.69, 9.17) is 14.9 Å². The Balaban J connectivity index is 4.14. The molecule has 0 spiro atoms. The molecule has 0 aromatic rings. The third-order valence-electron chi connectivity index (χ3n) is 1.57. The molecule has 0 aromatic carbocycles. The van der Waals surface area contributed by atoms with Gasteiger partial charge >= 0.3 is 13.6 Å². The molecule has 92 valence electrons. The molecule has 0 saturated carbocycles. The smallest absolute Gasteiger partial charge is 0.348 e. The summed E-state index contributed by atoms with van der Waals surface area (Å²) in [6.45, 7) is 1.23. The number of hydrogen-bond donors (Lipinski definition) is 4. The van der Waals surface area contributed by atoms with Crippen molar-refractivity contribution >= 4 is 19.3 Å². The molecule has 0 aliphatic rings. The van der Waals surface area contributed by atoms with Gasteiger partial charge in [-0.15, -0.1) is 0 Å². The molecule has 0 aliphatic heterocycles. The fraction of sp³-hybridized carbons (Fsp3) is 0.500. The number of aliphatic carboxylic acids is 1. The monoisotopic (exact) mass is 251 g/mol. The van der Waals surface area contributed by atoms with Crippen LogP contribution in [0.4, 0.5) is 0 Å². The van der Waals surface area contributed by atoms with Crippen LogP contribution in [0.15, 0.2) is 11.9 Å². The zero-order valence-electron chi connectivity index (χ0n) is 8.66. The van der Waals surface area contributed by atoms with Crippen LogP contribution in [-0.4, -0.2) is 39.2 Å². The summed E-state index contributed by atoms with van der Waals surface area (Å²) in [5.74, 6) is -0.786. The van der Waals surface area contributed by atoms with Gasteiger partial charge in [0.2, 0.25) is 0 Å². The summed E-state index contributed by atoms with van der Waals surface area (Å²) in [5.41, 5.74) is 0. The van der Waals surface area contributed by atoms with Gasteiger partial charge in [-0.3, -0.25) is 14.2 Å². The summed E-state index contributed by atoms with van der Waals surface area (Å²) in [6, 6.07) is -1.04. The van der Waals surface area contributed by atoms with Gasteiger partial charge in [0.05, 0.1) is 0 Å². The van der Waals surface area contributed by atoms with E-state index in [1.54, 1.807) is 0 Å². The average molecular weight is 251 g/mol. The molecule has 7 nitrogen and oxygen atoms in total. The third kappa shape index (κ3) is 8.31. The van der Waals surface area contributed by atoms with Crippen molar-refractivity contribution < 1.29 is 29.0 Å². The van der Waals surface area contributed by atoms with E-state index in [1.165, 1.54) is 6.92 Å². The highest BCUT2D eigenvalue weighted by Crippen LogP contribution is 2.35. The van der Waals surface area contributed by atoms with E-state index in [0.717, 1.165) is 6.08 Å². The fourth-order valence-corrected chi connectivity index (χ4v) is 1.31.